The van der Waals surface area contributed by atoms with Crippen LogP contribution in [0.15, 0.2) is 12.4 Å². The number of carbonyl (C=O) groups excluding carboxylic acids is 1. The van der Waals surface area contributed by atoms with Crippen molar-refractivity contribution in [2.24, 2.45) is 7.05 Å². The van der Waals surface area contributed by atoms with Crippen LogP contribution < -0.4 is 5.32 Å². The van der Waals surface area contributed by atoms with Gasteiger partial charge in [0.25, 0.3) is 5.91 Å². The Labute approximate surface area is 145 Å². The first kappa shape index (κ1) is 15.8. The number of carbonyl (C=O) groups is 1. The molecule has 2 unspecified atom stereocenters. The topological polar surface area (TPSA) is 63.1 Å². The SMILES string of the molecule is Cc1nc(-c2cnn(C)c2)sc1C(=O)N(C)C1CC2CCC(C1)N2. The van der Waals surface area contributed by atoms with Gasteiger partial charge < -0.3 is 10.2 Å². The molecule has 128 valence electrons. The van der Waals surface area contributed by atoms with E-state index in [1.807, 2.05) is 32.1 Å². The predicted molar refractivity (Wildman–Crippen MR) is 94.1 cm³/mol. The van der Waals surface area contributed by atoms with Gasteiger partial charge >= 0.3 is 0 Å². The van der Waals surface area contributed by atoms with E-state index in [9.17, 15) is 4.79 Å². The first-order chi connectivity index (χ1) is 11.5. The van der Waals surface area contributed by atoms with Crippen molar-refractivity contribution in [1.82, 2.24) is 25.0 Å². The summed E-state index contributed by atoms with van der Waals surface area (Å²) >= 11 is 1.47. The van der Waals surface area contributed by atoms with E-state index in [1.165, 1.54) is 24.2 Å². The second kappa shape index (κ2) is 5.97. The summed E-state index contributed by atoms with van der Waals surface area (Å²) in [4.78, 5) is 20.3. The third-order valence-electron chi connectivity index (χ3n) is 5.26. The van der Waals surface area contributed by atoms with Crippen LogP contribution >= 0.6 is 11.3 Å². The lowest BCUT2D eigenvalue weighted by Gasteiger charge is -2.35. The zero-order valence-corrected chi connectivity index (χ0v) is 15.1. The largest absolute Gasteiger partial charge is 0.338 e. The van der Waals surface area contributed by atoms with Gasteiger partial charge in [-0.05, 0) is 32.6 Å². The molecule has 2 aromatic heterocycles. The maximum Gasteiger partial charge on any atom is 0.265 e. The number of thiazole rings is 1. The van der Waals surface area contributed by atoms with Crippen LogP contribution in [0.25, 0.3) is 10.6 Å². The quantitative estimate of drug-likeness (QED) is 0.926. The average molecular weight is 345 g/mol. The molecule has 0 saturated carbocycles. The molecular weight excluding hydrogens is 322 g/mol. The maximum atomic E-state index is 13.0. The van der Waals surface area contributed by atoms with Crippen LogP contribution in [0.4, 0.5) is 0 Å². The summed E-state index contributed by atoms with van der Waals surface area (Å²) in [6, 6.07) is 1.50. The summed E-state index contributed by atoms with van der Waals surface area (Å²) in [5, 5.41) is 8.69. The van der Waals surface area contributed by atoms with Crippen LogP contribution in [0.3, 0.4) is 0 Å². The second-order valence-electron chi connectivity index (χ2n) is 7.02. The van der Waals surface area contributed by atoms with Crippen LogP contribution in [0, 0.1) is 6.92 Å². The van der Waals surface area contributed by atoms with Crippen molar-refractivity contribution in [3.8, 4) is 10.6 Å². The molecule has 1 amide bonds. The minimum Gasteiger partial charge on any atom is -0.338 e. The summed E-state index contributed by atoms with van der Waals surface area (Å²) in [5.41, 5.74) is 1.78. The van der Waals surface area contributed by atoms with E-state index in [0.29, 0.717) is 18.1 Å². The molecule has 2 aliphatic heterocycles. The van der Waals surface area contributed by atoms with Crippen LogP contribution in [-0.4, -0.2) is 50.7 Å². The molecule has 2 fully saturated rings. The minimum atomic E-state index is 0.103. The van der Waals surface area contributed by atoms with Crippen molar-refractivity contribution in [2.75, 3.05) is 7.05 Å². The van der Waals surface area contributed by atoms with E-state index in [0.717, 1.165) is 34.0 Å². The Balaban J connectivity index is 1.54. The minimum absolute atomic E-state index is 0.103. The number of nitrogens with one attached hydrogen (secondary N) is 1. The number of piperidine rings is 1. The molecule has 0 aliphatic carbocycles. The highest BCUT2D eigenvalue weighted by Crippen LogP contribution is 2.32. The molecule has 4 rings (SSSR count). The standard InChI is InChI=1S/C17H23N5OS/c1-10-15(24-16(19-10)11-8-18-21(2)9-11)17(23)22(3)14-6-12-4-5-13(7-14)20-12/h8-9,12-14,20H,4-7H2,1-3H3. The fraction of sp³-hybridized carbons (Fsp3) is 0.588. The number of rotatable bonds is 3. The van der Waals surface area contributed by atoms with Crippen LogP contribution in [0.5, 0.6) is 0 Å². The Morgan fingerprint density at radius 2 is 2.08 bits per heavy atom. The molecule has 2 atom stereocenters. The lowest BCUT2D eigenvalue weighted by molar-refractivity contribution is 0.0685. The van der Waals surface area contributed by atoms with Crippen LogP contribution in [0.2, 0.25) is 0 Å². The Bertz CT molecular complexity index is 755. The summed E-state index contributed by atoms with van der Waals surface area (Å²) in [5.74, 6) is 0.103. The Hall–Kier alpha value is -1.73. The molecule has 7 heteroatoms. The number of hydrogen-bond acceptors (Lipinski definition) is 5. The third kappa shape index (κ3) is 2.75. The third-order valence-corrected chi connectivity index (χ3v) is 6.45. The van der Waals surface area contributed by atoms with E-state index in [1.54, 1.807) is 10.9 Å². The van der Waals surface area contributed by atoms with Gasteiger partial charge in [-0.25, -0.2) is 4.98 Å². The van der Waals surface area contributed by atoms with Gasteiger partial charge in [0.2, 0.25) is 0 Å². The lowest BCUT2D eigenvalue weighted by atomic mass is 9.98. The molecule has 4 heterocycles. The molecule has 1 N–H and O–H groups in total. The van der Waals surface area contributed by atoms with E-state index in [-0.39, 0.29) is 5.91 Å². The molecule has 0 radical (unpaired) electrons. The highest BCUT2D eigenvalue weighted by atomic mass is 32.1. The molecule has 2 bridgehead atoms. The first-order valence-electron chi connectivity index (χ1n) is 8.51. The van der Waals surface area contributed by atoms with Gasteiger partial charge in [0, 0.05) is 44.0 Å². The van der Waals surface area contributed by atoms with Crippen molar-refractivity contribution in [3.05, 3.63) is 23.0 Å². The van der Waals surface area contributed by atoms with Crippen molar-refractivity contribution < 1.29 is 4.79 Å². The number of aryl methyl sites for hydroxylation is 2. The van der Waals surface area contributed by atoms with E-state index >= 15 is 0 Å². The smallest absolute Gasteiger partial charge is 0.265 e. The summed E-state index contributed by atoms with van der Waals surface area (Å²) in [7, 11) is 3.83. The molecule has 2 aromatic rings. The fourth-order valence-electron chi connectivity index (χ4n) is 3.92. The lowest BCUT2D eigenvalue weighted by Crippen LogP contribution is -2.48. The molecule has 2 saturated heterocycles. The Morgan fingerprint density at radius 1 is 1.38 bits per heavy atom. The number of hydrogen-bond donors (Lipinski definition) is 1. The van der Waals surface area contributed by atoms with Crippen LogP contribution in [-0.2, 0) is 7.05 Å². The molecule has 6 nitrogen and oxygen atoms in total. The summed E-state index contributed by atoms with van der Waals surface area (Å²) in [6.07, 6.45) is 8.33. The molecule has 24 heavy (non-hydrogen) atoms. The predicted octanol–water partition coefficient (Wildman–Crippen LogP) is 2.21. The number of nitrogens with zero attached hydrogens (tertiary/aromatic N) is 4. The normalized spacial score (nSPS) is 25.9. The zero-order chi connectivity index (χ0) is 16.8. The highest BCUT2D eigenvalue weighted by Gasteiger charge is 2.37. The summed E-state index contributed by atoms with van der Waals surface area (Å²) in [6.45, 7) is 1.92. The number of amides is 1. The van der Waals surface area contributed by atoms with Gasteiger partial charge in [0.05, 0.1) is 11.9 Å². The Morgan fingerprint density at radius 3 is 2.71 bits per heavy atom. The molecule has 2 aliphatic rings. The van der Waals surface area contributed by atoms with Crippen LogP contribution in [0.1, 0.15) is 41.0 Å². The van der Waals surface area contributed by atoms with Crippen molar-refractivity contribution in [1.29, 1.82) is 0 Å². The van der Waals surface area contributed by atoms with Crippen molar-refractivity contribution >= 4 is 17.2 Å². The highest BCUT2D eigenvalue weighted by molar-refractivity contribution is 7.17. The summed E-state index contributed by atoms with van der Waals surface area (Å²) < 4.78 is 1.75. The number of fused-ring (bicyclic) bond motifs is 2. The molecule has 0 aromatic carbocycles. The second-order valence-corrected chi connectivity index (χ2v) is 8.01. The van der Waals surface area contributed by atoms with E-state index < -0.39 is 0 Å². The fourth-order valence-corrected chi connectivity index (χ4v) is 4.94. The number of aromatic nitrogens is 3. The zero-order valence-electron chi connectivity index (χ0n) is 14.3. The van der Waals surface area contributed by atoms with E-state index in [2.05, 4.69) is 15.4 Å². The van der Waals surface area contributed by atoms with Crippen molar-refractivity contribution in [2.45, 2.75) is 50.7 Å². The molecular formula is C17H23N5OS. The Kier molecular flexibility index (Phi) is 3.92. The van der Waals surface area contributed by atoms with Crippen molar-refractivity contribution in [3.63, 3.8) is 0 Å². The first-order valence-corrected chi connectivity index (χ1v) is 9.32. The van der Waals surface area contributed by atoms with Gasteiger partial charge in [0.1, 0.15) is 9.88 Å². The van der Waals surface area contributed by atoms with E-state index in [4.69, 9.17) is 0 Å². The maximum absolute atomic E-state index is 13.0. The average Bonchev–Trinajstić information content (AvgIpc) is 3.25. The monoisotopic (exact) mass is 345 g/mol. The van der Waals surface area contributed by atoms with Gasteiger partial charge in [-0.15, -0.1) is 11.3 Å². The van der Waals surface area contributed by atoms with Gasteiger partial charge in [-0.3, -0.25) is 9.48 Å². The van der Waals surface area contributed by atoms with Gasteiger partial charge in [-0.1, -0.05) is 0 Å². The molecule has 0 spiro atoms. The van der Waals surface area contributed by atoms with Gasteiger partial charge in [-0.2, -0.15) is 5.10 Å². The van der Waals surface area contributed by atoms with Gasteiger partial charge in [0.15, 0.2) is 0 Å².